The van der Waals surface area contributed by atoms with E-state index in [-0.39, 0.29) is 6.04 Å². The maximum Gasteiger partial charge on any atom is 0.0303 e. The van der Waals surface area contributed by atoms with Crippen LogP contribution in [0.4, 0.5) is 0 Å². The van der Waals surface area contributed by atoms with E-state index < -0.39 is 0 Å². The van der Waals surface area contributed by atoms with Gasteiger partial charge in [0.15, 0.2) is 0 Å². The molecule has 1 aromatic heterocycles. The molecule has 0 radical (unpaired) electrons. The lowest BCUT2D eigenvalue weighted by Crippen LogP contribution is -2.38. The fraction of sp³-hybridized carbons (Fsp3) is 0.692. The van der Waals surface area contributed by atoms with Crippen molar-refractivity contribution in [2.75, 3.05) is 6.54 Å². The van der Waals surface area contributed by atoms with Gasteiger partial charge in [-0.1, -0.05) is 27.2 Å². The van der Waals surface area contributed by atoms with Gasteiger partial charge in [0.2, 0.25) is 0 Å². The molecule has 92 valence electrons. The first-order valence-electron chi connectivity index (χ1n) is 6.20. The van der Waals surface area contributed by atoms with Gasteiger partial charge in [-0.05, 0) is 29.3 Å². The summed E-state index contributed by atoms with van der Waals surface area (Å²) in [7, 11) is 0. The first-order valence-corrected chi connectivity index (χ1v) is 7.08. The zero-order valence-electron chi connectivity index (χ0n) is 10.6. The lowest BCUT2D eigenvalue weighted by molar-refractivity contribution is 0.419. The quantitative estimate of drug-likeness (QED) is 0.769. The average molecular weight is 240 g/mol. The standard InChI is InChI=1S/C13H24N2S/c1-4-10(3)12(14)8-15-9-13-11(5-2)6-7-16-13/h6-7,10,12,15H,4-5,8-9,14H2,1-3H3. The van der Waals surface area contributed by atoms with Crippen molar-refractivity contribution >= 4 is 11.3 Å². The van der Waals surface area contributed by atoms with Crippen molar-refractivity contribution in [1.29, 1.82) is 0 Å². The van der Waals surface area contributed by atoms with Crippen LogP contribution >= 0.6 is 11.3 Å². The molecule has 1 aromatic rings. The van der Waals surface area contributed by atoms with E-state index in [2.05, 4.69) is 37.5 Å². The highest BCUT2D eigenvalue weighted by Crippen LogP contribution is 2.16. The maximum absolute atomic E-state index is 6.08. The van der Waals surface area contributed by atoms with Crippen LogP contribution in [-0.2, 0) is 13.0 Å². The van der Waals surface area contributed by atoms with Crippen LogP contribution in [0, 0.1) is 5.92 Å². The molecular weight excluding hydrogens is 216 g/mol. The summed E-state index contributed by atoms with van der Waals surface area (Å²) < 4.78 is 0. The molecule has 2 nitrogen and oxygen atoms in total. The van der Waals surface area contributed by atoms with Crippen LogP contribution in [0.2, 0.25) is 0 Å². The lowest BCUT2D eigenvalue weighted by atomic mass is 10.0. The molecule has 0 aromatic carbocycles. The summed E-state index contributed by atoms with van der Waals surface area (Å²) in [4.78, 5) is 1.46. The van der Waals surface area contributed by atoms with Crippen molar-refractivity contribution in [3.8, 4) is 0 Å². The number of hydrogen-bond acceptors (Lipinski definition) is 3. The largest absolute Gasteiger partial charge is 0.326 e. The number of rotatable bonds is 7. The Labute approximate surface area is 103 Å². The first kappa shape index (κ1) is 13.7. The monoisotopic (exact) mass is 240 g/mol. The predicted molar refractivity (Wildman–Crippen MR) is 72.8 cm³/mol. The molecule has 2 unspecified atom stereocenters. The third-order valence-electron chi connectivity index (χ3n) is 3.26. The van der Waals surface area contributed by atoms with Crippen molar-refractivity contribution < 1.29 is 0 Å². The molecule has 0 spiro atoms. The highest BCUT2D eigenvalue weighted by molar-refractivity contribution is 7.10. The Balaban J connectivity index is 2.30. The summed E-state index contributed by atoms with van der Waals surface area (Å²) >= 11 is 1.84. The Hall–Kier alpha value is -0.380. The fourth-order valence-electron chi connectivity index (χ4n) is 1.69. The van der Waals surface area contributed by atoms with E-state index >= 15 is 0 Å². The van der Waals surface area contributed by atoms with E-state index in [9.17, 15) is 0 Å². The van der Waals surface area contributed by atoms with Crippen molar-refractivity contribution in [2.24, 2.45) is 11.7 Å². The molecule has 16 heavy (non-hydrogen) atoms. The third kappa shape index (κ3) is 3.89. The Morgan fingerprint density at radius 3 is 2.81 bits per heavy atom. The van der Waals surface area contributed by atoms with Gasteiger partial charge in [-0.25, -0.2) is 0 Å². The van der Waals surface area contributed by atoms with Gasteiger partial charge in [0.25, 0.3) is 0 Å². The average Bonchev–Trinajstić information content (AvgIpc) is 2.75. The summed E-state index contributed by atoms with van der Waals surface area (Å²) in [5, 5.41) is 5.63. The predicted octanol–water partition coefficient (Wildman–Crippen LogP) is 2.77. The maximum atomic E-state index is 6.08. The van der Waals surface area contributed by atoms with Crippen LogP contribution in [-0.4, -0.2) is 12.6 Å². The Bertz CT molecular complexity index is 296. The molecule has 0 aliphatic carbocycles. The number of aryl methyl sites for hydroxylation is 1. The minimum absolute atomic E-state index is 0.273. The molecule has 3 heteroatoms. The molecule has 0 fully saturated rings. The molecule has 0 saturated carbocycles. The van der Waals surface area contributed by atoms with Crippen LogP contribution in [0.1, 0.15) is 37.6 Å². The van der Waals surface area contributed by atoms with E-state index in [1.807, 2.05) is 11.3 Å². The van der Waals surface area contributed by atoms with Crippen LogP contribution in [0.25, 0.3) is 0 Å². The summed E-state index contributed by atoms with van der Waals surface area (Å²) in [5.74, 6) is 0.599. The smallest absolute Gasteiger partial charge is 0.0303 e. The molecule has 0 bridgehead atoms. The van der Waals surface area contributed by atoms with Crippen molar-refractivity contribution in [3.63, 3.8) is 0 Å². The lowest BCUT2D eigenvalue weighted by Gasteiger charge is -2.18. The minimum Gasteiger partial charge on any atom is -0.326 e. The number of hydrogen-bond donors (Lipinski definition) is 2. The summed E-state index contributed by atoms with van der Waals surface area (Å²) in [6.07, 6.45) is 2.28. The molecule has 0 saturated heterocycles. The van der Waals surface area contributed by atoms with Gasteiger partial charge in [0.05, 0.1) is 0 Å². The highest BCUT2D eigenvalue weighted by Gasteiger charge is 2.10. The molecule has 0 aliphatic rings. The zero-order chi connectivity index (χ0) is 12.0. The van der Waals surface area contributed by atoms with Gasteiger partial charge in [-0.3, -0.25) is 0 Å². The van der Waals surface area contributed by atoms with Gasteiger partial charge >= 0.3 is 0 Å². The van der Waals surface area contributed by atoms with E-state index in [1.165, 1.54) is 10.4 Å². The first-order chi connectivity index (χ1) is 7.69. The van der Waals surface area contributed by atoms with Crippen LogP contribution < -0.4 is 11.1 Å². The zero-order valence-corrected chi connectivity index (χ0v) is 11.4. The van der Waals surface area contributed by atoms with Crippen molar-refractivity contribution in [3.05, 3.63) is 21.9 Å². The summed E-state index contributed by atoms with van der Waals surface area (Å²) in [6, 6.07) is 2.49. The topological polar surface area (TPSA) is 38.0 Å². The van der Waals surface area contributed by atoms with Crippen LogP contribution in [0.3, 0.4) is 0 Å². The Kier molecular flexibility index (Phi) is 6.03. The van der Waals surface area contributed by atoms with E-state index in [0.29, 0.717) is 5.92 Å². The Morgan fingerprint density at radius 2 is 2.19 bits per heavy atom. The third-order valence-corrected chi connectivity index (χ3v) is 4.22. The fourth-order valence-corrected chi connectivity index (χ4v) is 2.64. The molecule has 1 heterocycles. The highest BCUT2D eigenvalue weighted by atomic mass is 32.1. The van der Waals surface area contributed by atoms with Crippen LogP contribution in [0.15, 0.2) is 11.4 Å². The van der Waals surface area contributed by atoms with Gasteiger partial charge in [-0.2, -0.15) is 0 Å². The van der Waals surface area contributed by atoms with Gasteiger partial charge in [0.1, 0.15) is 0 Å². The number of thiophene rings is 1. The van der Waals surface area contributed by atoms with Gasteiger partial charge in [-0.15, -0.1) is 11.3 Å². The van der Waals surface area contributed by atoms with E-state index in [4.69, 9.17) is 5.73 Å². The molecule has 3 N–H and O–H groups in total. The summed E-state index contributed by atoms with van der Waals surface area (Å²) in [6.45, 7) is 8.49. The molecular formula is C13H24N2S. The SMILES string of the molecule is CCc1ccsc1CNCC(N)C(C)CC. The molecule has 0 aliphatic heterocycles. The van der Waals surface area contributed by atoms with Crippen molar-refractivity contribution in [1.82, 2.24) is 5.32 Å². The minimum atomic E-state index is 0.273. The van der Waals surface area contributed by atoms with E-state index in [1.54, 1.807) is 0 Å². The number of nitrogens with two attached hydrogens (primary N) is 1. The van der Waals surface area contributed by atoms with Crippen molar-refractivity contribution in [2.45, 2.75) is 46.2 Å². The molecule has 1 rings (SSSR count). The van der Waals surface area contributed by atoms with E-state index in [0.717, 1.165) is 25.9 Å². The van der Waals surface area contributed by atoms with Crippen LogP contribution in [0.5, 0.6) is 0 Å². The number of nitrogens with one attached hydrogen (secondary N) is 1. The second-order valence-corrected chi connectivity index (χ2v) is 5.40. The Morgan fingerprint density at radius 1 is 1.44 bits per heavy atom. The second-order valence-electron chi connectivity index (χ2n) is 4.40. The molecule has 2 atom stereocenters. The summed E-state index contributed by atoms with van der Waals surface area (Å²) in [5.41, 5.74) is 7.55. The normalized spacial score (nSPS) is 15.0. The van der Waals surface area contributed by atoms with Gasteiger partial charge in [0, 0.05) is 24.0 Å². The second kappa shape index (κ2) is 7.05. The van der Waals surface area contributed by atoms with Gasteiger partial charge < -0.3 is 11.1 Å². The molecule has 0 amide bonds.